The third kappa shape index (κ3) is 3.89. The first-order valence-corrected chi connectivity index (χ1v) is 9.82. The summed E-state index contributed by atoms with van der Waals surface area (Å²) in [4.78, 5) is 0.185. The van der Waals surface area contributed by atoms with Crippen LogP contribution in [0.25, 0.3) is 5.69 Å². The van der Waals surface area contributed by atoms with Crippen molar-refractivity contribution in [2.24, 2.45) is 0 Å². The number of nitrogens with one attached hydrogen (secondary N) is 1. The highest BCUT2D eigenvalue weighted by atomic mass is 35.5. The van der Waals surface area contributed by atoms with Crippen LogP contribution in [0.2, 0.25) is 5.02 Å². The van der Waals surface area contributed by atoms with Crippen molar-refractivity contribution < 1.29 is 8.42 Å². The van der Waals surface area contributed by atoms with Crippen molar-refractivity contribution in [3.63, 3.8) is 0 Å². The van der Waals surface area contributed by atoms with Gasteiger partial charge >= 0.3 is 0 Å². The summed E-state index contributed by atoms with van der Waals surface area (Å²) in [6.45, 7) is 6.23. The van der Waals surface area contributed by atoms with Gasteiger partial charge in [0, 0.05) is 5.02 Å². The second-order valence-electron chi connectivity index (χ2n) is 6.89. The zero-order valence-corrected chi connectivity index (χ0v) is 16.2. The Balaban J connectivity index is 1.96. The van der Waals surface area contributed by atoms with Crippen LogP contribution in [0.1, 0.15) is 26.3 Å². The maximum atomic E-state index is 12.8. The molecule has 0 unspecified atom stereocenters. The highest BCUT2D eigenvalue weighted by Gasteiger charge is 2.19. The molecular formula is C18H19ClN4O2S. The monoisotopic (exact) mass is 390 g/mol. The van der Waals surface area contributed by atoms with Gasteiger partial charge < -0.3 is 0 Å². The molecule has 8 heteroatoms. The SMILES string of the molecule is CC(C)(C)c1ccc(S(=O)(=O)Nc2ccc(Cl)cc2-n2ccnn2)cc1. The molecule has 0 spiro atoms. The van der Waals surface area contributed by atoms with Crippen LogP contribution >= 0.6 is 11.6 Å². The van der Waals surface area contributed by atoms with Crippen LogP contribution < -0.4 is 4.72 Å². The van der Waals surface area contributed by atoms with Crippen LogP contribution in [-0.2, 0) is 15.4 Å². The summed E-state index contributed by atoms with van der Waals surface area (Å²) < 4.78 is 29.6. The Morgan fingerprint density at radius 3 is 2.35 bits per heavy atom. The quantitative estimate of drug-likeness (QED) is 0.729. The number of nitrogens with zero attached hydrogens (tertiary/aromatic N) is 3. The molecule has 0 atom stereocenters. The number of sulfonamides is 1. The maximum absolute atomic E-state index is 12.8. The van der Waals surface area contributed by atoms with Gasteiger partial charge in [-0.1, -0.05) is 49.7 Å². The Hall–Kier alpha value is -2.38. The van der Waals surface area contributed by atoms with E-state index in [-0.39, 0.29) is 10.3 Å². The van der Waals surface area contributed by atoms with E-state index in [1.165, 1.54) is 10.9 Å². The van der Waals surface area contributed by atoms with Crippen LogP contribution in [0.5, 0.6) is 0 Å². The average molecular weight is 391 g/mol. The fourth-order valence-corrected chi connectivity index (χ4v) is 3.70. The van der Waals surface area contributed by atoms with Crippen molar-refractivity contribution in [2.75, 3.05) is 4.72 Å². The third-order valence-corrected chi connectivity index (χ3v) is 5.52. The number of anilines is 1. The Kier molecular flexibility index (Phi) is 4.77. The number of benzene rings is 2. The third-order valence-electron chi connectivity index (χ3n) is 3.90. The number of aromatic nitrogens is 3. The van der Waals surface area contributed by atoms with Gasteiger partial charge in [-0.15, -0.1) is 5.10 Å². The lowest BCUT2D eigenvalue weighted by atomic mass is 9.87. The lowest BCUT2D eigenvalue weighted by Crippen LogP contribution is -2.16. The number of halogens is 1. The molecule has 0 radical (unpaired) electrons. The molecule has 2 aromatic carbocycles. The molecule has 0 aliphatic carbocycles. The summed E-state index contributed by atoms with van der Waals surface area (Å²) in [6, 6.07) is 11.7. The molecule has 3 aromatic rings. The summed E-state index contributed by atoms with van der Waals surface area (Å²) in [6.07, 6.45) is 3.12. The van der Waals surface area contributed by atoms with Crippen LogP contribution in [-0.4, -0.2) is 23.4 Å². The molecular weight excluding hydrogens is 372 g/mol. The summed E-state index contributed by atoms with van der Waals surface area (Å²) in [5, 5.41) is 8.12. The molecule has 0 saturated heterocycles. The first-order chi connectivity index (χ1) is 12.2. The summed E-state index contributed by atoms with van der Waals surface area (Å²) in [5.74, 6) is 0. The first kappa shape index (κ1) is 18.4. The van der Waals surface area contributed by atoms with E-state index in [9.17, 15) is 8.42 Å². The molecule has 1 aromatic heterocycles. The number of hydrogen-bond acceptors (Lipinski definition) is 4. The molecule has 3 rings (SSSR count). The van der Waals surface area contributed by atoms with Crippen molar-refractivity contribution in [1.82, 2.24) is 15.0 Å². The Labute approximate surface area is 157 Å². The highest BCUT2D eigenvalue weighted by Crippen LogP contribution is 2.27. The van der Waals surface area contributed by atoms with E-state index in [4.69, 9.17) is 11.6 Å². The van der Waals surface area contributed by atoms with Crippen LogP contribution in [0.15, 0.2) is 59.8 Å². The molecule has 0 bridgehead atoms. The molecule has 6 nitrogen and oxygen atoms in total. The molecule has 0 fully saturated rings. The Bertz CT molecular complexity index is 1010. The van der Waals surface area contributed by atoms with Crippen molar-refractivity contribution in [3.8, 4) is 5.69 Å². The molecule has 1 heterocycles. The van der Waals surface area contributed by atoms with Crippen LogP contribution in [0.4, 0.5) is 5.69 Å². The minimum atomic E-state index is -3.76. The van der Waals surface area contributed by atoms with Gasteiger partial charge in [0.15, 0.2) is 0 Å². The smallest absolute Gasteiger partial charge is 0.261 e. The summed E-state index contributed by atoms with van der Waals surface area (Å²) in [7, 11) is -3.76. The molecule has 0 aliphatic heterocycles. The van der Waals surface area contributed by atoms with Gasteiger partial charge in [-0.2, -0.15) is 0 Å². The minimum Gasteiger partial charge on any atom is -0.277 e. The summed E-state index contributed by atoms with van der Waals surface area (Å²) in [5.41, 5.74) is 1.86. The molecule has 0 aliphatic rings. The maximum Gasteiger partial charge on any atom is 0.261 e. The summed E-state index contributed by atoms with van der Waals surface area (Å²) >= 11 is 6.04. The Morgan fingerprint density at radius 1 is 1.08 bits per heavy atom. The largest absolute Gasteiger partial charge is 0.277 e. The first-order valence-electron chi connectivity index (χ1n) is 7.96. The van der Waals surface area contributed by atoms with Gasteiger partial charge in [-0.3, -0.25) is 4.72 Å². The molecule has 0 amide bonds. The fourth-order valence-electron chi connectivity index (χ4n) is 2.46. The van der Waals surface area contributed by atoms with E-state index in [0.29, 0.717) is 16.4 Å². The van der Waals surface area contributed by atoms with Gasteiger partial charge in [-0.25, -0.2) is 13.1 Å². The lowest BCUT2D eigenvalue weighted by molar-refractivity contribution is 0.587. The minimum absolute atomic E-state index is 0.0494. The highest BCUT2D eigenvalue weighted by molar-refractivity contribution is 7.92. The van der Waals surface area contributed by atoms with Gasteiger partial charge in [0.25, 0.3) is 10.0 Å². The zero-order chi connectivity index (χ0) is 18.9. The van der Waals surface area contributed by atoms with Gasteiger partial charge in [0.2, 0.25) is 0 Å². The van der Waals surface area contributed by atoms with E-state index in [1.54, 1.807) is 36.5 Å². The van der Waals surface area contributed by atoms with Gasteiger partial charge in [-0.05, 0) is 41.3 Å². The normalized spacial score (nSPS) is 12.2. The molecule has 0 saturated carbocycles. The average Bonchev–Trinajstić information content (AvgIpc) is 3.10. The van der Waals surface area contributed by atoms with E-state index >= 15 is 0 Å². The van der Waals surface area contributed by atoms with Crippen LogP contribution in [0, 0.1) is 0 Å². The molecule has 136 valence electrons. The van der Waals surface area contributed by atoms with Gasteiger partial charge in [0.1, 0.15) is 0 Å². The van der Waals surface area contributed by atoms with Crippen molar-refractivity contribution in [3.05, 3.63) is 65.4 Å². The Morgan fingerprint density at radius 2 is 1.77 bits per heavy atom. The predicted molar refractivity (Wildman–Crippen MR) is 102 cm³/mol. The fraction of sp³-hybridized carbons (Fsp3) is 0.222. The molecule has 1 N–H and O–H groups in total. The zero-order valence-electron chi connectivity index (χ0n) is 14.6. The van der Waals surface area contributed by atoms with E-state index in [2.05, 4.69) is 35.8 Å². The number of rotatable bonds is 4. The van der Waals surface area contributed by atoms with Crippen LogP contribution in [0.3, 0.4) is 0 Å². The molecule has 26 heavy (non-hydrogen) atoms. The van der Waals surface area contributed by atoms with E-state index in [1.807, 2.05) is 12.1 Å². The standard InChI is InChI=1S/C18H19ClN4O2S/c1-18(2,3)13-4-7-15(8-5-13)26(24,25)21-16-9-6-14(19)12-17(16)23-11-10-20-22-23/h4-12,21H,1-3H3. The number of hydrogen-bond donors (Lipinski definition) is 1. The lowest BCUT2D eigenvalue weighted by Gasteiger charge is -2.19. The second-order valence-corrected chi connectivity index (χ2v) is 9.01. The van der Waals surface area contributed by atoms with Crippen molar-refractivity contribution in [1.29, 1.82) is 0 Å². The second kappa shape index (κ2) is 6.74. The van der Waals surface area contributed by atoms with E-state index in [0.717, 1.165) is 5.56 Å². The predicted octanol–water partition coefficient (Wildman–Crippen LogP) is 4.02. The van der Waals surface area contributed by atoms with E-state index < -0.39 is 10.0 Å². The van der Waals surface area contributed by atoms with Crippen molar-refractivity contribution in [2.45, 2.75) is 31.1 Å². The topological polar surface area (TPSA) is 76.9 Å². The van der Waals surface area contributed by atoms with Crippen molar-refractivity contribution >= 4 is 27.3 Å². The van der Waals surface area contributed by atoms with Gasteiger partial charge in [0.05, 0.1) is 28.7 Å².